The Balaban J connectivity index is 2.33. The molecule has 0 amide bonds. The van der Waals surface area contributed by atoms with Gasteiger partial charge in [0, 0.05) is 7.11 Å². The zero-order chi connectivity index (χ0) is 24.8. The molecule has 1 aliphatic rings. The SMILES string of the molecule is COCCOc1ccc(C(=O)OC(C(C)C)C(F)(F)C(=O)[O-])cc1C(=O)OC1(C)CCCC1. The molecular formula is C23H29F2O8-. The van der Waals surface area contributed by atoms with E-state index in [1.807, 2.05) is 6.92 Å². The highest BCUT2D eigenvalue weighted by molar-refractivity contribution is 5.97. The molecule has 10 heteroatoms. The predicted octanol–water partition coefficient (Wildman–Crippen LogP) is 2.77. The van der Waals surface area contributed by atoms with E-state index in [4.69, 9.17) is 18.9 Å². The summed E-state index contributed by atoms with van der Waals surface area (Å²) in [5.41, 5.74) is -0.977. The summed E-state index contributed by atoms with van der Waals surface area (Å²) in [5.74, 6) is -9.90. The van der Waals surface area contributed by atoms with Gasteiger partial charge in [-0.25, -0.2) is 9.59 Å². The first kappa shape index (κ1) is 26.5. The summed E-state index contributed by atoms with van der Waals surface area (Å²) in [5, 5.41) is 10.9. The molecule has 1 aromatic rings. The maximum Gasteiger partial charge on any atom is 0.342 e. The number of carboxylic acids is 1. The van der Waals surface area contributed by atoms with Gasteiger partial charge in [-0.15, -0.1) is 0 Å². The molecule has 1 saturated carbocycles. The molecule has 8 nitrogen and oxygen atoms in total. The maximum atomic E-state index is 14.0. The Morgan fingerprint density at radius 1 is 1.12 bits per heavy atom. The highest BCUT2D eigenvalue weighted by Gasteiger charge is 2.46. The minimum atomic E-state index is -4.40. The fraction of sp³-hybridized carbons (Fsp3) is 0.609. The van der Waals surface area contributed by atoms with E-state index in [0.717, 1.165) is 18.9 Å². The number of halogens is 2. The summed E-state index contributed by atoms with van der Waals surface area (Å²) in [4.78, 5) is 36.4. The molecule has 0 spiro atoms. The van der Waals surface area contributed by atoms with Crippen molar-refractivity contribution in [3.63, 3.8) is 0 Å². The lowest BCUT2D eigenvalue weighted by Crippen LogP contribution is -2.53. The van der Waals surface area contributed by atoms with E-state index in [9.17, 15) is 28.3 Å². The Hall–Kier alpha value is -2.75. The van der Waals surface area contributed by atoms with Gasteiger partial charge in [0.1, 0.15) is 29.5 Å². The average molecular weight is 471 g/mol. The van der Waals surface area contributed by atoms with Crippen LogP contribution in [0.1, 0.15) is 67.2 Å². The lowest BCUT2D eigenvalue weighted by Gasteiger charge is -2.30. The highest BCUT2D eigenvalue weighted by Crippen LogP contribution is 2.35. The smallest absolute Gasteiger partial charge is 0.342 e. The minimum absolute atomic E-state index is 0.0820. The molecule has 1 aliphatic carbocycles. The Labute approximate surface area is 191 Å². The van der Waals surface area contributed by atoms with Gasteiger partial charge in [-0.1, -0.05) is 13.8 Å². The number of hydrogen-bond acceptors (Lipinski definition) is 8. The van der Waals surface area contributed by atoms with Crippen molar-refractivity contribution in [2.24, 2.45) is 5.92 Å². The van der Waals surface area contributed by atoms with Crippen LogP contribution in [0.2, 0.25) is 0 Å². The summed E-state index contributed by atoms with van der Waals surface area (Å²) in [6.45, 7) is 4.74. The third-order valence-electron chi connectivity index (χ3n) is 5.45. The number of benzene rings is 1. The zero-order valence-corrected chi connectivity index (χ0v) is 19.2. The molecule has 0 radical (unpaired) electrons. The lowest BCUT2D eigenvalue weighted by molar-refractivity contribution is -0.337. The summed E-state index contributed by atoms with van der Waals surface area (Å²) >= 11 is 0. The van der Waals surface area contributed by atoms with E-state index >= 15 is 0 Å². The van der Waals surface area contributed by atoms with Crippen LogP contribution in [0.15, 0.2) is 18.2 Å². The van der Waals surface area contributed by atoms with E-state index in [2.05, 4.69) is 0 Å². The number of carboxylic acid groups (broad SMARTS) is 1. The topological polar surface area (TPSA) is 111 Å². The molecule has 1 unspecified atom stereocenters. The normalized spacial score (nSPS) is 16.3. The molecule has 1 aromatic carbocycles. The van der Waals surface area contributed by atoms with E-state index in [1.165, 1.54) is 33.1 Å². The van der Waals surface area contributed by atoms with Crippen LogP contribution < -0.4 is 9.84 Å². The van der Waals surface area contributed by atoms with E-state index in [0.29, 0.717) is 12.8 Å². The van der Waals surface area contributed by atoms with Crippen LogP contribution in [0.25, 0.3) is 0 Å². The monoisotopic (exact) mass is 471 g/mol. The van der Waals surface area contributed by atoms with Gasteiger partial charge in [-0.3, -0.25) is 0 Å². The Kier molecular flexibility index (Phi) is 8.76. The largest absolute Gasteiger partial charge is 0.544 e. The quantitative estimate of drug-likeness (QED) is 0.358. The first-order chi connectivity index (χ1) is 15.4. The molecule has 0 N–H and O–H groups in total. The van der Waals surface area contributed by atoms with Gasteiger partial charge in [0.05, 0.1) is 12.2 Å². The van der Waals surface area contributed by atoms with Crippen LogP contribution in [0.4, 0.5) is 8.78 Å². The Morgan fingerprint density at radius 2 is 1.76 bits per heavy atom. The van der Waals surface area contributed by atoms with Crippen LogP contribution in [0, 0.1) is 5.92 Å². The van der Waals surface area contributed by atoms with E-state index in [1.54, 1.807) is 0 Å². The van der Waals surface area contributed by atoms with Crippen LogP contribution in [0.5, 0.6) is 5.75 Å². The van der Waals surface area contributed by atoms with Gasteiger partial charge in [0.15, 0.2) is 6.10 Å². The average Bonchev–Trinajstić information content (AvgIpc) is 3.17. The van der Waals surface area contributed by atoms with Crippen molar-refractivity contribution < 1.29 is 47.2 Å². The van der Waals surface area contributed by atoms with E-state index in [-0.39, 0.29) is 30.1 Å². The van der Waals surface area contributed by atoms with Crippen LogP contribution >= 0.6 is 0 Å². The molecule has 33 heavy (non-hydrogen) atoms. The van der Waals surface area contributed by atoms with Gasteiger partial charge >= 0.3 is 17.9 Å². The molecule has 0 aliphatic heterocycles. The summed E-state index contributed by atoms with van der Waals surface area (Å²) in [6, 6.07) is 3.67. The fourth-order valence-corrected chi connectivity index (χ4v) is 3.61. The number of rotatable bonds is 11. The lowest BCUT2D eigenvalue weighted by atomic mass is 10.0. The molecule has 0 aromatic heterocycles. The Bertz CT molecular complexity index is 862. The number of esters is 2. The van der Waals surface area contributed by atoms with Gasteiger partial charge < -0.3 is 28.8 Å². The number of alkyl halides is 2. The summed E-state index contributed by atoms with van der Waals surface area (Å²) < 4.78 is 49.0. The number of methoxy groups -OCH3 is 1. The third kappa shape index (κ3) is 6.63. The minimum Gasteiger partial charge on any atom is -0.544 e. The maximum absolute atomic E-state index is 14.0. The number of aliphatic carboxylic acids is 1. The van der Waals surface area contributed by atoms with Crippen molar-refractivity contribution in [1.82, 2.24) is 0 Å². The summed E-state index contributed by atoms with van der Waals surface area (Å²) in [7, 11) is 1.48. The fourth-order valence-electron chi connectivity index (χ4n) is 3.61. The molecule has 0 saturated heterocycles. The molecule has 1 atom stereocenters. The van der Waals surface area contributed by atoms with Crippen molar-refractivity contribution in [2.75, 3.05) is 20.3 Å². The standard InChI is InChI=1S/C23H30F2O8/c1-14(2)18(23(24,25)21(28)29)32-19(26)15-7-8-17(31-12-11-30-4)16(13-15)20(27)33-22(3)9-5-6-10-22/h7-8,13-14,18H,5-6,9-12H2,1-4H3,(H,28,29)/p-1. The first-order valence-corrected chi connectivity index (χ1v) is 10.7. The molecule has 0 bridgehead atoms. The van der Waals surface area contributed by atoms with Gasteiger partial charge in [-0.2, -0.15) is 8.78 Å². The first-order valence-electron chi connectivity index (χ1n) is 10.7. The van der Waals surface area contributed by atoms with Gasteiger partial charge in [-0.05, 0) is 56.7 Å². The second kappa shape index (κ2) is 10.9. The van der Waals surface area contributed by atoms with Crippen molar-refractivity contribution in [3.8, 4) is 5.75 Å². The van der Waals surface area contributed by atoms with Crippen molar-refractivity contribution in [2.45, 2.75) is 64.1 Å². The van der Waals surface area contributed by atoms with Crippen LogP contribution in [-0.2, 0) is 19.0 Å². The second-order valence-electron chi connectivity index (χ2n) is 8.58. The van der Waals surface area contributed by atoms with Crippen molar-refractivity contribution in [1.29, 1.82) is 0 Å². The zero-order valence-electron chi connectivity index (χ0n) is 19.2. The number of carbonyl (C=O) groups excluding carboxylic acids is 3. The second-order valence-corrected chi connectivity index (χ2v) is 8.58. The highest BCUT2D eigenvalue weighted by atomic mass is 19.3. The van der Waals surface area contributed by atoms with Gasteiger partial charge in [0.2, 0.25) is 0 Å². The third-order valence-corrected chi connectivity index (χ3v) is 5.45. The van der Waals surface area contributed by atoms with Crippen molar-refractivity contribution >= 4 is 17.9 Å². The molecule has 1 fully saturated rings. The number of carbonyl (C=O) groups is 3. The van der Waals surface area contributed by atoms with Crippen LogP contribution in [-0.4, -0.2) is 55.9 Å². The number of hydrogen-bond donors (Lipinski definition) is 0. The molecular weight excluding hydrogens is 442 g/mol. The Morgan fingerprint density at radius 3 is 2.30 bits per heavy atom. The molecule has 184 valence electrons. The van der Waals surface area contributed by atoms with Crippen LogP contribution in [0.3, 0.4) is 0 Å². The number of ether oxygens (including phenoxy) is 4. The summed E-state index contributed by atoms with van der Waals surface area (Å²) in [6.07, 6.45) is 0.941. The molecule has 2 rings (SSSR count). The predicted molar refractivity (Wildman–Crippen MR) is 110 cm³/mol. The van der Waals surface area contributed by atoms with E-state index < -0.39 is 41.5 Å². The van der Waals surface area contributed by atoms with Crippen molar-refractivity contribution in [3.05, 3.63) is 29.3 Å². The van der Waals surface area contributed by atoms with Gasteiger partial charge in [0.25, 0.3) is 0 Å². The molecule has 0 heterocycles.